The van der Waals surface area contributed by atoms with E-state index in [0.29, 0.717) is 27.9 Å². The number of nitrogens with zero attached hydrogens (tertiary/aromatic N) is 5. The molecule has 1 aliphatic rings. The number of rotatable bonds is 6. The van der Waals surface area contributed by atoms with Gasteiger partial charge in [-0.3, -0.25) is 19.6 Å². The summed E-state index contributed by atoms with van der Waals surface area (Å²) in [4.78, 5) is 31.5. The fourth-order valence-corrected chi connectivity index (χ4v) is 5.17. The van der Waals surface area contributed by atoms with E-state index >= 15 is 0 Å². The lowest BCUT2D eigenvalue weighted by Crippen LogP contribution is -2.39. The molecule has 3 heterocycles. The predicted octanol–water partition coefficient (Wildman–Crippen LogP) is 4.57. The summed E-state index contributed by atoms with van der Waals surface area (Å²) < 4.78 is 6.44. The summed E-state index contributed by atoms with van der Waals surface area (Å²) in [7, 11) is 0. The molecule has 1 amide bonds. The Morgan fingerprint density at radius 3 is 2.76 bits per heavy atom. The minimum Gasteiger partial charge on any atom is -0.379 e. The van der Waals surface area contributed by atoms with Crippen molar-refractivity contribution >= 4 is 55.2 Å². The molecule has 7 nitrogen and oxygen atoms in total. The Kier molecular flexibility index (Phi) is 6.50. The number of amides is 1. The van der Waals surface area contributed by atoms with Gasteiger partial charge in [0, 0.05) is 31.2 Å². The lowest BCUT2D eigenvalue weighted by Gasteiger charge is -2.27. The molecule has 1 saturated heterocycles. The van der Waals surface area contributed by atoms with Crippen molar-refractivity contribution in [2.24, 2.45) is 0 Å². The summed E-state index contributed by atoms with van der Waals surface area (Å²) in [6.45, 7) is 6.74. The molecule has 0 atom stereocenters. The van der Waals surface area contributed by atoms with Gasteiger partial charge in [0.2, 0.25) is 0 Å². The minimum absolute atomic E-state index is 0.196. The first-order chi connectivity index (χ1) is 16.1. The molecule has 1 fully saturated rings. The number of carbonyl (C=O) groups is 1. The standard InChI is InChI=1S/C24H24ClN5O2S/c1-16-17(25)7-8-21-22(16)28-24(33-21)30(10-4-9-29-11-13-32-14-12-29)23(31)20-15-26-18-5-2-3-6-19(18)27-20/h2-3,5-8,15H,4,9-14H2,1H3. The van der Waals surface area contributed by atoms with Crippen LogP contribution >= 0.6 is 22.9 Å². The summed E-state index contributed by atoms with van der Waals surface area (Å²) >= 11 is 7.80. The second-order valence-corrected chi connectivity index (χ2v) is 9.44. The third kappa shape index (κ3) is 4.70. The van der Waals surface area contributed by atoms with E-state index in [1.807, 2.05) is 43.3 Å². The van der Waals surface area contributed by atoms with Crippen molar-refractivity contribution in [3.05, 3.63) is 58.9 Å². The van der Waals surface area contributed by atoms with Gasteiger partial charge in [0.05, 0.1) is 40.7 Å². The second-order valence-electron chi connectivity index (χ2n) is 8.02. The first-order valence-electron chi connectivity index (χ1n) is 11.0. The molecule has 170 valence electrons. The molecule has 0 N–H and O–H groups in total. The summed E-state index contributed by atoms with van der Waals surface area (Å²) in [6, 6.07) is 11.4. The number of carbonyl (C=O) groups excluding carboxylic acids is 1. The van der Waals surface area contributed by atoms with Crippen molar-refractivity contribution < 1.29 is 9.53 Å². The van der Waals surface area contributed by atoms with E-state index in [-0.39, 0.29) is 5.91 Å². The highest BCUT2D eigenvalue weighted by Crippen LogP contribution is 2.34. The largest absolute Gasteiger partial charge is 0.379 e. The Hall–Kier alpha value is -2.65. The van der Waals surface area contributed by atoms with Crippen molar-refractivity contribution in [3.63, 3.8) is 0 Å². The van der Waals surface area contributed by atoms with Crippen LogP contribution in [0.3, 0.4) is 0 Å². The summed E-state index contributed by atoms with van der Waals surface area (Å²) in [5.41, 5.74) is 3.52. The van der Waals surface area contributed by atoms with Crippen molar-refractivity contribution in [2.45, 2.75) is 13.3 Å². The van der Waals surface area contributed by atoms with Crippen LogP contribution in [0.25, 0.3) is 21.3 Å². The average molecular weight is 482 g/mol. The molecule has 0 bridgehead atoms. The van der Waals surface area contributed by atoms with E-state index in [4.69, 9.17) is 21.3 Å². The van der Waals surface area contributed by atoms with Crippen molar-refractivity contribution in [2.75, 3.05) is 44.3 Å². The zero-order valence-electron chi connectivity index (χ0n) is 18.3. The van der Waals surface area contributed by atoms with E-state index in [2.05, 4.69) is 14.9 Å². The van der Waals surface area contributed by atoms with Gasteiger partial charge in [0.25, 0.3) is 5.91 Å². The van der Waals surface area contributed by atoms with Gasteiger partial charge in [-0.1, -0.05) is 35.1 Å². The predicted molar refractivity (Wildman–Crippen MR) is 132 cm³/mol. The van der Waals surface area contributed by atoms with Gasteiger partial charge < -0.3 is 4.74 Å². The number of benzene rings is 2. The SMILES string of the molecule is Cc1c(Cl)ccc2sc(N(CCCN3CCOCC3)C(=O)c3cnc4ccccc4n3)nc12. The number of fused-ring (bicyclic) bond motifs is 2. The first kappa shape index (κ1) is 22.2. The zero-order chi connectivity index (χ0) is 22.8. The van der Waals surface area contributed by atoms with Crippen LogP contribution in [-0.4, -0.2) is 65.2 Å². The summed E-state index contributed by atoms with van der Waals surface area (Å²) in [5.74, 6) is -0.196. The molecular formula is C24H24ClN5O2S. The molecule has 1 aliphatic heterocycles. The summed E-state index contributed by atoms with van der Waals surface area (Å²) in [5, 5.41) is 1.32. The smallest absolute Gasteiger partial charge is 0.280 e. The summed E-state index contributed by atoms with van der Waals surface area (Å²) in [6.07, 6.45) is 2.37. The normalized spacial score (nSPS) is 14.7. The number of aromatic nitrogens is 3. The highest BCUT2D eigenvalue weighted by Gasteiger charge is 2.24. The van der Waals surface area contributed by atoms with E-state index in [1.54, 1.807) is 11.1 Å². The van der Waals surface area contributed by atoms with Crippen LogP contribution in [0, 0.1) is 6.92 Å². The van der Waals surface area contributed by atoms with Gasteiger partial charge in [-0.05, 0) is 43.2 Å². The third-order valence-corrected chi connectivity index (χ3v) is 7.29. The van der Waals surface area contributed by atoms with E-state index < -0.39 is 0 Å². The van der Waals surface area contributed by atoms with E-state index in [1.165, 1.54) is 11.3 Å². The third-order valence-electron chi connectivity index (χ3n) is 5.84. The molecule has 4 aromatic rings. The molecule has 2 aromatic carbocycles. The fourth-order valence-electron chi connectivity index (χ4n) is 3.96. The molecular weight excluding hydrogens is 458 g/mol. The van der Waals surface area contributed by atoms with Gasteiger partial charge in [0.15, 0.2) is 5.13 Å². The molecule has 0 spiro atoms. The molecule has 2 aromatic heterocycles. The second kappa shape index (κ2) is 9.69. The lowest BCUT2D eigenvalue weighted by atomic mass is 10.2. The molecule has 5 rings (SSSR count). The van der Waals surface area contributed by atoms with Gasteiger partial charge in [-0.25, -0.2) is 9.97 Å². The number of morpholine rings is 1. The maximum atomic E-state index is 13.6. The number of para-hydroxylation sites is 2. The number of ether oxygens (including phenoxy) is 1. The van der Waals surface area contributed by atoms with Crippen LogP contribution in [-0.2, 0) is 4.74 Å². The molecule has 0 aliphatic carbocycles. The number of thiazole rings is 1. The van der Waals surface area contributed by atoms with Crippen LogP contribution in [0.15, 0.2) is 42.6 Å². The molecule has 0 unspecified atom stereocenters. The highest BCUT2D eigenvalue weighted by atomic mass is 35.5. The molecule has 9 heteroatoms. The topological polar surface area (TPSA) is 71.5 Å². The maximum Gasteiger partial charge on any atom is 0.280 e. The van der Waals surface area contributed by atoms with Crippen LogP contribution in [0.1, 0.15) is 22.5 Å². The zero-order valence-corrected chi connectivity index (χ0v) is 19.9. The van der Waals surface area contributed by atoms with E-state index in [0.717, 1.165) is 60.6 Å². The van der Waals surface area contributed by atoms with Crippen molar-refractivity contribution in [1.29, 1.82) is 0 Å². The number of hydrogen-bond acceptors (Lipinski definition) is 7. The van der Waals surface area contributed by atoms with Crippen molar-refractivity contribution in [3.8, 4) is 0 Å². The van der Waals surface area contributed by atoms with Crippen LogP contribution in [0.2, 0.25) is 5.02 Å². The Morgan fingerprint density at radius 1 is 1.15 bits per heavy atom. The average Bonchev–Trinajstić information content (AvgIpc) is 3.29. The maximum absolute atomic E-state index is 13.6. The number of aryl methyl sites for hydroxylation is 1. The quantitative estimate of drug-likeness (QED) is 0.401. The molecule has 33 heavy (non-hydrogen) atoms. The van der Waals surface area contributed by atoms with Gasteiger partial charge in [-0.15, -0.1) is 0 Å². The lowest BCUT2D eigenvalue weighted by molar-refractivity contribution is 0.0376. The Morgan fingerprint density at radius 2 is 1.94 bits per heavy atom. The molecule has 0 radical (unpaired) electrons. The Balaban J connectivity index is 1.45. The van der Waals surface area contributed by atoms with Crippen molar-refractivity contribution in [1.82, 2.24) is 19.9 Å². The first-order valence-corrected chi connectivity index (χ1v) is 12.2. The van der Waals surface area contributed by atoms with Gasteiger partial charge in [0.1, 0.15) is 5.69 Å². The minimum atomic E-state index is -0.196. The highest BCUT2D eigenvalue weighted by molar-refractivity contribution is 7.22. The van der Waals surface area contributed by atoms with Crippen LogP contribution in [0.4, 0.5) is 5.13 Å². The fraction of sp³-hybridized carbons (Fsp3) is 0.333. The van der Waals surface area contributed by atoms with Crippen LogP contribution < -0.4 is 4.90 Å². The number of anilines is 1. The Bertz CT molecular complexity index is 1300. The Labute approximate surface area is 201 Å². The molecule has 0 saturated carbocycles. The van der Waals surface area contributed by atoms with E-state index in [9.17, 15) is 4.79 Å². The monoisotopic (exact) mass is 481 g/mol. The van der Waals surface area contributed by atoms with Crippen LogP contribution in [0.5, 0.6) is 0 Å². The number of halogens is 1. The number of hydrogen-bond donors (Lipinski definition) is 0. The van der Waals surface area contributed by atoms with Gasteiger partial charge >= 0.3 is 0 Å². The van der Waals surface area contributed by atoms with Gasteiger partial charge in [-0.2, -0.15) is 0 Å².